The van der Waals surface area contributed by atoms with Gasteiger partial charge in [-0.1, -0.05) is 0 Å². The lowest BCUT2D eigenvalue weighted by molar-refractivity contribution is -0.137. The molecule has 0 fully saturated rings. The van der Waals surface area contributed by atoms with Crippen molar-refractivity contribution in [3.05, 3.63) is 0 Å². The van der Waals surface area contributed by atoms with Gasteiger partial charge in [-0.05, 0) is 20.3 Å². The number of nitrogens with one attached hydrogen (secondary N) is 1. The molecule has 0 atom stereocenters. The van der Waals surface area contributed by atoms with Crippen LogP contribution in [-0.2, 0) is 14.4 Å². The van der Waals surface area contributed by atoms with E-state index in [0.29, 0.717) is 25.1 Å². The van der Waals surface area contributed by atoms with Gasteiger partial charge >= 0.3 is 5.97 Å². The van der Waals surface area contributed by atoms with Gasteiger partial charge in [-0.15, -0.1) is 0 Å². The number of carbonyl (C=O) groups is 3. The molecule has 0 bridgehead atoms. The molecule has 7 nitrogen and oxygen atoms in total. The quantitative estimate of drug-likeness (QED) is 0.727. The van der Waals surface area contributed by atoms with Crippen LogP contribution in [0.15, 0.2) is 5.10 Å². The number of carboxylic acids is 1. The van der Waals surface area contributed by atoms with Gasteiger partial charge in [-0.2, -0.15) is 5.10 Å². The van der Waals surface area contributed by atoms with Crippen LogP contribution in [0.25, 0.3) is 0 Å². The van der Waals surface area contributed by atoms with Crippen molar-refractivity contribution in [1.29, 1.82) is 0 Å². The molecule has 1 aliphatic heterocycles. The van der Waals surface area contributed by atoms with E-state index in [2.05, 4.69) is 10.5 Å². The maximum atomic E-state index is 12.2. The predicted molar refractivity (Wildman–Crippen MR) is 68.5 cm³/mol. The van der Waals surface area contributed by atoms with Gasteiger partial charge in [0.25, 0.3) is 5.91 Å². The second-order valence-electron chi connectivity index (χ2n) is 4.68. The van der Waals surface area contributed by atoms with E-state index < -0.39 is 5.97 Å². The summed E-state index contributed by atoms with van der Waals surface area (Å²) in [5.41, 5.74) is 2.61. The minimum absolute atomic E-state index is 0.0275. The lowest BCUT2D eigenvalue weighted by Crippen LogP contribution is -2.44. The van der Waals surface area contributed by atoms with Crippen LogP contribution in [0.3, 0.4) is 0 Å². The average molecular weight is 269 g/mol. The first-order valence-electron chi connectivity index (χ1n) is 6.30. The zero-order valence-electron chi connectivity index (χ0n) is 11.2. The normalized spacial score (nSPS) is 14.9. The third-order valence-corrected chi connectivity index (χ3v) is 2.83. The van der Waals surface area contributed by atoms with E-state index in [1.165, 1.54) is 0 Å². The maximum absolute atomic E-state index is 12.2. The number of aliphatic carboxylic acids is 1. The SMILES string of the molecule is CC(C)N(CCCC(=O)O)C(=O)C1=NNC(=O)CC1. The van der Waals surface area contributed by atoms with E-state index >= 15 is 0 Å². The molecular formula is C12H19N3O4. The Morgan fingerprint density at radius 3 is 2.58 bits per heavy atom. The number of carbonyl (C=O) groups excluding carboxylic acids is 2. The van der Waals surface area contributed by atoms with Gasteiger partial charge in [0.1, 0.15) is 5.71 Å². The highest BCUT2D eigenvalue weighted by Gasteiger charge is 2.25. The van der Waals surface area contributed by atoms with Crippen LogP contribution in [0, 0.1) is 0 Å². The second-order valence-corrected chi connectivity index (χ2v) is 4.68. The summed E-state index contributed by atoms with van der Waals surface area (Å²) in [5, 5.41) is 12.4. The molecule has 0 aromatic heterocycles. The number of nitrogens with zero attached hydrogens (tertiary/aromatic N) is 2. The van der Waals surface area contributed by atoms with Crippen molar-refractivity contribution < 1.29 is 19.5 Å². The Kier molecular flexibility index (Phi) is 5.47. The van der Waals surface area contributed by atoms with Crippen molar-refractivity contribution in [2.45, 2.75) is 45.6 Å². The van der Waals surface area contributed by atoms with Gasteiger partial charge in [0.2, 0.25) is 5.91 Å². The number of hydrazone groups is 1. The van der Waals surface area contributed by atoms with E-state index in [9.17, 15) is 14.4 Å². The van der Waals surface area contributed by atoms with Gasteiger partial charge in [0.05, 0.1) is 0 Å². The Hall–Kier alpha value is -1.92. The van der Waals surface area contributed by atoms with Crippen molar-refractivity contribution in [3.8, 4) is 0 Å². The summed E-state index contributed by atoms with van der Waals surface area (Å²) < 4.78 is 0. The largest absolute Gasteiger partial charge is 0.481 e. The molecule has 0 unspecified atom stereocenters. The summed E-state index contributed by atoms with van der Waals surface area (Å²) in [5.74, 6) is -1.31. The third-order valence-electron chi connectivity index (χ3n) is 2.83. The van der Waals surface area contributed by atoms with Crippen LogP contribution >= 0.6 is 0 Å². The standard InChI is InChI=1S/C12H19N3O4/c1-8(2)15(7-3-4-11(17)18)12(19)9-5-6-10(16)14-13-9/h8H,3-7H2,1-2H3,(H,14,16)(H,17,18). The van der Waals surface area contributed by atoms with Gasteiger partial charge in [-0.3, -0.25) is 14.4 Å². The van der Waals surface area contributed by atoms with E-state index in [-0.39, 0.29) is 30.7 Å². The molecule has 0 saturated carbocycles. The molecule has 19 heavy (non-hydrogen) atoms. The monoisotopic (exact) mass is 269 g/mol. The molecule has 0 aromatic rings. The summed E-state index contributed by atoms with van der Waals surface area (Å²) in [6, 6.07) is -0.0402. The summed E-state index contributed by atoms with van der Waals surface area (Å²) in [6.45, 7) is 4.09. The van der Waals surface area contributed by atoms with Crippen molar-refractivity contribution in [2.75, 3.05) is 6.54 Å². The zero-order chi connectivity index (χ0) is 14.4. The highest BCUT2D eigenvalue weighted by Crippen LogP contribution is 2.08. The van der Waals surface area contributed by atoms with Gasteiger partial charge in [0, 0.05) is 31.8 Å². The Labute approximate surface area is 111 Å². The van der Waals surface area contributed by atoms with Gasteiger partial charge in [-0.25, -0.2) is 5.43 Å². The summed E-state index contributed by atoms with van der Waals surface area (Å²) in [7, 11) is 0. The number of rotatable bonds is 6. The minimum Gasteiger partial charge on any atom is -0.481 e. The molecule has 2 amide bonds. The number of hydrogen-bond donors (Lipinski definition) is 2. The second kappa shape index (κ2) is 6.86. The van der Waals surface area contributed by atoms with Crippen molar-refractivity contribution in [2.24, 2.45) is 5.10 Å². The molecule has 0 aromatic carbocycles. The van der Waals surface area contributed by atoms with E-state index in [0.717, 1.165) is 0 Å². The molecule has 1 aliphatic rings. The van der Waals surface area contributed by atoms with Crippen LogP contribution in [0.5, 0.6) is 0 Å². The first-order chi connectivity index (χ1) is 8.91. The molecule has 0 saturated heterocycles. The van der Waals surface area contributed by atoms with Crippen LogP contribution in [0.4, 0.5) is 0 Å². The summed E-state index contributed by atoms with van der Waals surface area (Å²) in [4.78, 5) is 35.3. The lowest BCUT2D eigenvalue weighted by atomic mass is 10.1. The molecule has 1 rings (SSSR count). The maximum Gasteiger partial charge on any atom is 0.303 e. The molecule has 0 aliphatic carbocycles. The Bertz CT molecular complexity index is 404. The van der Waals surface area contributed by atoms with Crippen molar-refractivity contribution in [1.82, 2.24) is 10.3 Å². The third kappa shape index (κ3) is 4.69. The Morgan fingerprint density at radius 1 is 1.42 bits per heavy atom. The number of carboxylic acid groups (broad SMARTS) is 1. The fraction of sp³-hybridized carbons (Fsp3) is 0.667. The van der Waals surface area contributed by atoms with Crippen molar-refractivity contribution >= 4 is 23.5 Å². The van der Waals surface area contributed by atoms with Crippen LogP contribution in [-0.4, -0.2) is 46.1 Å². The smallest absolute Gasteiger partial charge is 0.303 e. The topological polar surface area (TPSA) is 99.1 Å². The zero-order valence-corrected chi connectivity index (χ0v) is 11.2. The van der Waals surface area contributed by atoms with E-state index in [1.54, 1.807) is 4.90 Å². The molecule has 1 heterocycles. The Morgan fingerprint density at radius 2 is 2.11 bits per heavy atom. The summed E-state index contributed by atoms with van der Waals surface area (Å²) in [6.07, 6.45) is 1.01. The fourth-order valence-electron chi connectivity index (χ4n) is 1.79. The molecular weight excluding hydrogens is 250 g/mol. The lowest BCUT2D eigenvalue weighted by Gasteiger charge is -2.27. The van der Waals surface area contributed by atoms with E-state index in [4.69, 9.17) is 5.11 Å². The van der Waals surface area contributed by atoms with E-state index in [1.807, 2.05) is 13.8 Å². The highest BCUT2D eigenvalue weighted by molar-refractivity contribution is 6.39. The number of amides is 2. The fourth-order valence-corrected chi connectivity index (χ4v) is 1.79. The highest BCUT2D eigenvalue weighted by atomic mass is 16.4. The van der Waals surface area contributed by atoms with Crippen molar-refractivity contribution in [3.63, 3.8) is 0 Å². The molecule has 0 radical (unpaired) electrons. The average Bonchev–Trinajstić information content (AvgIpc) is 2.34. The Balaban J connectivity index is 2.62. The minimum atomic E-state index is -0.876. The van der Waals surface area contributed by atoms with Gasteiger partial charge < -0.3 is 10.0 Å². The molecule has 0 spiro atoms. The van der Waals surface area contributed by atoms with Crippen LogP contribution in [0.2, 0.25) is 0 Å². The van der Waals surface area contributed by atoms with Crippen LogP contribution in [0.1, 0.15) is 39.5 Å². The molecule has 106 valence electrons. The molecule has 7 heteroatoms. The van der Waals surface area contributed by atoms with Gasteiger partial charge in [0.15, 0.2) is 0 Å². The summed E-state index contributed by atoms with van der Waals surface area (Å²) >= 11 is 0. The van der Waals surface area contributed by atoms with Crippen LogP contribution < -0.4 is 5.43 Å². The molecule has 2 N–H and O–H groups in total. The predicted octanol–water partition coefficient (Wildman–Crippen LogP) is 0.354. The first kappa shape index (κ1) is 15.1. The first-order valence-corrected chi connectivity index (χ1v) is 6.30. The number of hydrogen-bond acceptors (Lipinski definition) is 4.